The van der Waals surface area contributed by atoms with Crippen molar-refractivity contribution in [2.24, 2.45) is 5.41 Å². The molecule has 0 amide bonds. The van der Waals surface area contributed by atoms with E-state index in [1.165, 1.54) is 76.9 Å². The molecule has 0 aliphatic rings. The van der Waals surface area contributed by atoms with Crippen LogP contribution in [-0.2, 0) is 9.53 Å². The van der Waals surface area contributed by atoms with Gasteiger partial charge in [-0.1, -0.05) is 98.0 Å². The maximum absolute atomic E-state index is 11.1. The van der Waals surface area contributed by atoms with E-state index >= 15 is 0 Å². The Balaban J connectivity index is 3.11. The van der Waals surface area contributed by atoms with Crippen molar-refractivity contribution in [3.63, 3.8) is 0 Å². The molecule has 0 aliphatic heterocycles. The molecule has 23 heavy (non-hydrogen) atoms. The first-order chi connectivity index (χ1) is 11.0. The van der Waals surface area contributed by atoms with Gasteiger partial charge in [-0.05, 0) is 18.3 Å². The predicted octanol–water partition coefficient (Wildman–Crippen LogP) is 7.18. The van der Waals surface area contributed by atoms with Gasteiger partial charge in [-0.3, -0.25) is 4.79 Å². The van der Waals surface area contributed by atoms with Crippen molar-refractivity contribution < 1.29 is 9.53 Å². The Morgan fingerprint density at radius 2 is 1.17 bits per heavy atom. The summed E-state index contributed by atoms with van der Waals surface area (Å²) in [6.07, 6.45) is 18.9. The van der Waals surface area contributed by atoms with Crippen molar-refractivity contribution in [2.75, 3.05) is 0 Å². The van der Waals surface area contributed by atoms with E-state index in [0.717, 1.165) is 12.8 Å². The highest BCUT2D eigenvalue weighted by Crippen LogP contribution is 2.22. The third-order valence-corrected chi connectivity index (χ3v) is 4.27. The molecule has 0 rings (SSSR count). The van der Waals surface area contributed by atoms with Crippen LogP contribution in [0.25, 0.3) is 0 Å². The number of esters is 1. The topological polar surface area (TPSA) is 26.3 Å². The van der Waals surface area contributed by atoms with Gasteiger partial charge >= 0.3 is 5.97 Å². The second-order valence-electron chi connectivity index (χ2n) is 7.96. The summed E-state index contributed by atoms with van der Waals surface area (Å²) >= 11 is 0. The summed E-state index contributed by atoms with van der Waals surface area (Å²) in [5, 5.41) is 0. The van der Waals surface area contributed by atoms with E-state index in [0.29, 0.717) is 11.8 Å². The monoisotopic (exact) mass is 324 g/mol. The summed E-state index contributed by atoms with van der Waals surface area (Å²) < 4.78 is 4.69. The molecule has 0 N–H and O–H groups in total. The maximum atomic E-state index is 11.1. The molecule has 0 saturated carbocycles. The molecule has 2 heteroatoms. The van der Waals surface area contributed by atoms with Gasteiger partial charge in [0, 0.05) is 6.42 Å². The third kappa shape index (κ3) is 19.2. The zero-order valence-corrected chi connectivity index (χ0v) is 16.0. The van der Waals surface area contributed by atoms with Crippen LogP contribution in [0.3, 0.4) is 0 Å². The molecule has 0 aliphatic carbocycles. The van der Waals surface area contributed by atoms with Gasteiger partial charge in [0.05, 0.1) is 6.26 Å². The second kappa shape index (κ2) is 14.8. The highest BCUT2D eigenvalue weighted by molar-refractivity contribution is 5.69. The fraction of sp³-hybridized carbons (Fsp3) is 0.857. The minimum atomic E-state index is -0.150. The summed E-state index contributed by atoms with van der Waals surface area (Å²) in [7, 11) is 0. The molecule has 0 aromatic heterocycles. The van der Waals surface area contributed by atoms with E-state index in [4.69, 9.17) is 4.74 Å². The third-order valence-electron chi connectivity index (χ3n) is 4.27. The van der Waals surface area contributed by atoms with Crippen molar-refractivity contribution in [3.05, 3.63) is 12.8 Å². The van der Waals surface area contributed by atoms with Crippen LogP contribution < -0.4 is 0 Å². The van der Waals surface area contributed by atoms with Crippen LogP contribution in [0.4, 0.5) is 0 Å². The summed E-state index contributed by atoms with van der Waals surface area (Å²) in [6.45, 7) is 10.4. The largest absolute Gasteiger partial charge is 0.435 e. The minimum Gasteiger partial charge on any atom is -0.435 e. The molecule has 0 unspecified atom stereocenters. The van der Waals surface area contributed by atoms with Gasteiger partial charge in [0.1, 0.15) is 0 Å². The number of unbranched alkanes of at least 4 members (excludes halogenated alkanes) is 11. The molecule has 0 fully saturated rings. The van der Waals surface area contributed by atoms with Crippen LogP contribution in [0.2, 0.25) is 0 Å². The molecule has 136 valence electrons. The first-order valence-corrected chi connectivity index (χ1v) is 9.76. The number of ether oxygens (including phenoxy) is 1. The Labute approximate surface area is 145 Å². The highest BCUT2D eigenvalue weighted by atomic mass is 16.5. The predicted molar refractivity (Wildman–Crippen MR) is 100 cm³/mol. The lowest BCUT2D eigenvalue weighted by atomic mass is 9.89. The lowest BCUT2D eigenvalue weighted by Crippen LogP contribution is -2.03. The van der Waals surface area contributed by atoms with Crippen molar-refractivity contribution in [1.29, 1.82) is 0 Å². The van der Waals surface area contributed by atoms with Crippen LogP contribution in [0.1, 0.15) is 111 Å². The van der Waals surface area contributed by atoms with Crippen LogP contribution in [0.15, 0.2) is 12.8 Å². The summed E-state index contributed by atoms with van der Waals surface area (Å²) in [4.78, 5) is 11.1. The molecular formula is C21H40O2. The van der Waals surface area contributed by atoms with Gasteiger partial charge in [-0.25, -0.2) is 0 Å². The van der Waals surface area contributed by atoms with E-state index in [2.05, 4.69) is 27.4 Å². The van der Waals surface area contributed by atoms with Crippen LogP contribution in [0, 0.1) is 5.41 Å². The zero-order chi connectivity index (χ0) is 17.4. The van der Waals surface area contributed by atoms with Crippen molar-refractivity contribution in [1.82, 2.24) is 0 Å². The number of hydrogen-bond acceptors (Lipinski definition) is 2. The molecule has 0 aromatic rings. The maximum Gasteiger partial charge on any atom is 0.310 e. The lowest BCUT2D eigenvalue weighted by molar-refractivity contribution is -0.138. The van der Waals surface area contributed by atoms with Crippen molar-refractivity contribution >= 4 is 5.97 Å². The highest BCUT2D eigenvalue weighted by Gasteiger charge is 2.08. The minimum absolute atomic E-state index is 0.150. The van der Waals surface area contributed by atoms with E-state index in [1.54, 1.807) is 0 Å². The number of carbonyl (C=O) groups excluding carboxylic acids is 1. The van der Waals surface area contributed by atoms with Crippen molar-refractivity contribution in [2.45, 2.75) is 111 Å². The smallest absolute Gasteiger partial charge is 0.310 e. The number of carbonyl (C=O) groups is 1. The zero-order valence-electron chi connectivity index (χ0n) is 16.0. The fourth-order valence-corrected chi connectivity index (χ4v) is 2.84. The first kappa shape index (κ1) is 22.2. The Hall–Kier alpha value is -0.790. The molecule has 0 aromatic carbocycles. The fourth-order valence-electron chi connectivity index (χ4n) is 2.84. The van der Waals surface area contributed by atoms with Crippen LogP contribution in [0.5, 0.6) is 0 Å². The van der Waals surface area contributed by atoms with E-state index in [-0.39, 0.29) is 5.97 Å². The van der Waals surface area contributed by atoms with E-state index < -0.39 is 0 Å². The van der Waals surface area contributed by atoms with Gasteiger partial charge < -0.3 is 4.74 Å². The summed E-state index contributed by atoms with van der Waals surface area (Å²) in [6, 6.07) is 0. The standard InChI is InChI=1S/C21H40O2/c1-5-23-20(22)18-16-14-12-10-8-6-7-9-11-13-15-17-19-21(2,3)4/h5H,1,6-19H2,2-4H3. The van der Waals surface area contributed by atoms with Gasteiger partial charge in [0.2, 0.25) is 0 Å². The lowest BCUT2D eigenvalue weighted by Gasteiger charge is -2.17. The number of hydrogen-bond donors (Lipinski definition) is 0. The quantitative estimate of drug-likeness (QED) is 0.181. The molecule has 0 atom stereocenters. The van der Waals surface area contributed by atoms with E-state index in [1.807, 2.05) is 0 Å². The Morgan fingerprint density at radius 1 is 0.783 bits per heavy atom. The molecule has 0 heterocycles. The van der Waals surface area contributed by atoms with Crippen LogP contribution in [-0.4, -0.2) is 5.97 Å². The summed E-state index contributed by atoms with van der Waals surface area (Å²) in [5.74, 6) is -0.150. The van der Waals surface area contributed by atoms with Gasteiger partial charge in [-0.2, -0.15) is 0 Å². The first-order valence-electron chi connectivity index (χ1n) is 9.76. The normalized spacial score (nSPS) is 11.4. The Bertz CT molecular complexity index is 289. The Morgan fingerprint density at radius 3 is 1.57 bits per heavy atom. The molecular weight excluding hydrogens is 284 g/mol. The molecule has 0 radical (unpaired) electrons. The van der Waals surface area contributed by atoms with Crippen molar-refractivity contribution in [3.8, 4) is 0 Å². The van der Waals surface area contributed by atoms with Gasteiger partial charge in [0.25, 0.3) is 0 Å². The molecule has 0 bridgehead atoms. The van der Waals surface area contributed by atoms with Crippen LogP contribution >= 0.6 is 0 Å². The second-order valence-corrected chi connectivity index (χ2v) is 7.96. The van der Waals surface area contributed by atoms with Gasteiger partial charge in [-0.15, -0.1) is 0 Å². The average molecular weight is 325 g/mol. The van der Waals surface area contributed by atoms with E-state index in [9.17, 15) is 4.79 Å². The SMILES string of the molecule is C=COC(=O)CCCCCCCCCCCCCCC(C)(C)C. The summed E-state index contributed by atoms with van der Waals surface area (Å²) in [5.41, 5.74) is 0.506. The molecule has 2 nitrogen and oxygen atoms in total. The van der Waals surface area contributed by atoms with Gasteiger partial charge in [0.15, 0.2) is 0 Å². The Kier molecular flexibility index (Phi) is 14.3. The molecule has 0 spiro atoms. The average Bonchev–Trinajstić information content (AvgIpc) is 2.46. The molecule has 0 saturated heterocycles. The number of rotatable bonds is 15.